The van der Waals surface area contributed by atoms with E-state index in [1.807, 2.05) is 24.3 Å². The maximum absolute atomic E-state index is 13.7. The van der Waals surface area contributed by atoms with E-state index in [0.29, 0.717) is 33.1 Å². The number of halogens is 2. The van der Waals surface area contributed by atoms with E-state index >= 15 is 0 Å². The van der Waals surface area contributed by atoms with E-state index in [1.165, 1.54) is 24.4 Å². The molecule has 27 heavy (non-hydrogen) atoms. The first-order valence-corrected chi connectivity index (χ1v) is 8.32. The van der Waals surface area contributed by atoms with Crippen molar-refractivity contribution >= 4 is 28.3 Å². The molecular weight excluding hydrogens is 365 g/mol. The van der Waals surface area contributed by atoms with Crippen molar-refractivity contribution in [2.75, 3.05) is 5.73 Å². The number of hydrogen-bond acceptors (Lipinski definition) is 5. The fourth-order valence-electron chi connectivity index (χ4n) is 2.86. The predicted molar refractivity (Wildman–Crippen MR) is 102 cm³/mol. The van der Waals surface area contributed by atoms with Crippen LogP contribution < -0.4 is 5.73 Å². The molecule has 0 atom stereocenters. The van der Waals surface area contributed by atoms with Crippen LogP contribution in [0.3, 0.4) is 0 Å². The number of nitriles is 1. The highest BCUT2D eigenvalue weighted by atomic mass is 35.5. The van der Waals surface area contributed by atoms with Crippen molar-refractivity contribution in [1.29, 1.82) is 5.26 Å². The van der Waals surface area contributed by atoms with Gasteiger partial charge < -0.3 is 5.73 Å². The van der Waals surface area contributed by atoms with E-state index < -0.39 is 5.82 Å². The molecule has 0 aliphatic rings. The zero-order chi connectivity index (χ0) is 19.0. The number of rotatable bonds is 2. The highest BCUT2D eigenvalue weighted by Crippen LogP contribution is 2.34. The topological polar surface area (TPSA) is 88.5 Å². The Hall–Kier alpha value is -3.56. The number of nitrogens with zero attached hydrogens (tertiary/aromatic N) is 4. The fourth-order valence-corrected chi connectivity index (χ4v) is 3.13. The molecular formula is C20H11ClFN5. The minimum Gasteiger partial charge on any atom is -0.382 e. The Morgan fingerprint density at radius 2 is 1.89 bits per heavy atom. The summed E-state index contributed by atoms with van der Waals surface area (Å²) in [7, 11) is 0. The summed E-state index contributed by atoms with van der Waals surface area (Å²) in [5.74, 6) is -0.385. The fraction of sp³-hybridized carbons (Fsp3) is 0. The van der Waals surface area contributed by atoms with Gasteiger partial charge in [-0.05, 0) is 36.4 Å². The van der Waals surface area contributed by atoms with Gasteiger partial charge in [-0.25, -0.2) is 9.37 Å². The number of nitrogen functional groups attached to an aromatic ring is 1. The molecule has 2 aromatic carbocycles. The standard InChI is InChI=1S/C20H11ClFN5/c21-15-8-13(6-11-2-1-5-25-18(11)15)19-20(27-17(24)10-26-19)12-3-4-16(22)14(7-12)9-23/h1-8,10H,(H2,24,27). The van der Waals surface area contributed by atoms with E-state index in [2.05, 4.69) is 15.0 Å². The van der Waals surface area contributed by atoms with Crippen LogP contribution in [0.15, 0.2) is 54.9 Å². The summed E-state index contributed by atoms with van der Waals surface area (Å²) in [6.07, 6.45) is 3.11. The van der Waals surface area contributed by atoms with Crippen molar-refractivity contribution in [3.8, 4) is 28.6 Å². The highest BCUT2D eigenvalue weighted by Gasteiger charge is 2.15. The summed E-state index contributed by atoms with van der Waals surface area (Å²) in [6, 6.07) is 13.4. The van der Waals surface area contributed by atoms with Crippen molar-refractivity contribution in [2.45, 2.75) is 0 Å². The number of benzene rings is 2. The van der Waals surface area contributed by atoms with Crippen molar-refractivity contribution in [2.24, 2.45) is 0 Å². The van der Waals surface area contributed by atoms with Crippen molar-refractivity contribution in [3.63, 3.8) is 0 Å². The SMILES string of the molecule is N#Cc1cc(-c2nc(N)cnc2-c2cc(Cl)c3ncccc3c2)ccc1F. The number of aromatic nitrogens is 3. The molecule has 0 bridgehead atoms. The molecule has 2 heterocycles. The van der Waals surface area contributed by atoms with Crippen LogP contribution in [0.2, 0.25) is 5.02 Å². The number of hydrogen-bond donors (Lipinski definition) is 1. The Bertz CT molecular complexity index is 1230. The monoisotopic (exact) mass is 375 g/mol. The smallest absolute Gasteiger partial charge is 0.142 e. The third-order valence-electron chi connectivity index (χ3n) is 4.08. The Kier molecular flexibility index (Phi) is 4.15. The number of fused-ring (bicyclic) bond motifs is 1. The van der Waals surface area contributed by atoms with Gasteiger partial charge in [0.25, 0.3) is 0 Å². The van der Waals surface area contributed by atoms with Gasteiger partial charge in [-0.3, -0.25) is 9.97 Å². The summed E-state index contributed by atoms with van der Waals surface area (Å²) < 4.78 is 13.7. The minimum absolute atomic E-state index is 0.0802. The van der Waals surface area contributed by atoms with E-state index in [4.69, 9.17) is 22.6 Å². The van der Waals surface area contributed by atoms with Crippen LogP contribution in [-0.2, 0) is 0 Å². The third-order valence-corrected chi connectivity index (χ3v) is 4.37. The van der Waals surface area contributed by atoms with Gasteiger partial charge in [0.2, 0.25) is 0 Å². The first kappa shape index (κ1) is 16.9. The molecule has 0 amide bonds. The van der Waals surface area contributed by atoms with E-state index in [-0.39, 0.29) is 11.4 Å². The minimum atomic E-state index is -0.598. The molecule has 0 unspecified atom stereocenters. The molecule has 4 aromatic rings. The number of anilines is 1. The molecule has 0 aliphatic heterocycles. The molecule has 7 heteroatoms. The lowest BCUT2D eigenvalue weighted by atomic mass is 10.0. The third kappa shape index (κ3) is 3.05. The maximum atomic E-state index is 13.7. The zero-order valence-corrected chi connectivity index (χ0v) is 14.6. The normalized spacial score (nSPS) is 10.7. The molecule has 2 N–H and O–H groups in total. The second-order valence-corrected chi connectivity index (χ2v) is 6.24. The predicted octanol–water partition coefficient (Wildman–Crippen LogP) is 4.61. The zero-order valence-electron chi connectivity index (χ0n) is 13.8. The van der Waals surface area contributed by atoms with Crippen LogP contribution in [0.4, 0.5) is 10.2 Å². The van der Waals surface area contributed by atoms with Crippen molar-refractivity contribution in [1.82, 2.24) is 15.0 Å². The molecule has 0 radical (unpaired) electrons. The van der Waals surface area contributed by atoms with Gasteiger partial charge in [-0.1, -0.05) is 17.7 Å². The number of pyridine rings is 1. The van der Waals surface area contributed by atoms with Crippen LogP contribution in [0.1, 0.15) is 5.56 Å². The quantitative estimate of drug-likeness (QED) is 0.552. The summed E-state index contributed by atoms with van der Waals surface area (Å²) in [5, 5.41) is 10.4. The average Bonchev–Trinajstić information content (AvgIpc) is 2.68. The Morgan fingerprint density at radius 3 is 2.70 bits per heavy atom. The van der Waals surface area contributed by atoms with Crippen molar-refractivity contribution < 1.29 is 4.39 Å². The van der Waals surface area contributed by atoms with Gasteiger partial charge in [0.1, 0.15) is 17.7 Å². The molecule has 0 aliphatic carbocycles. The van der Waals surface area contributed by atoms with Crippen molar-refractivity contribution in [3.05, 3.63) is 71.3 Å². The molecule has 130 valence electrons. The van der Waals surface area contributed by atoms with E-state index in [1.54, 1.807) is 12.3 Å². The highest BCUT2D eigenvalue weighted by molar-refractivity contribution is 6.35. The van der Waals surface area contributed by atoms with Gasteiger partial charge in [0.05, 0.1) is 33.7 Å². The van der Waals surface area contributed by atoms with Crippen LogP contribution in [0, 0.1) is 17.1 Å². The lowest BCUT2D eigenvalue weighted by Crippen LogP contribution is -1.99. The molecule has 0 saturated carbocycles. The summed E-state index contributed by atoms with van der Waals surface area (Å²) in [4.78, 5) is 13.0. The van der Waals surface area contributed by atoms with Gasteiger partial charge >= 0.3 is 0 Å². The molecule has 0 saturated heterocycles. The Morgan fingerprint density at radius 1 is 1.04 bits per heavy atom. The molecule has 0 spiro atoms. The Balaban J connectivity index is 1.97. The second kappa shape index (κ2) is 6.63. The molecule has 5 nitrogen and oxygen atoms in total. The average molecular weight is 376 g/mol. The first-order chi connectivity index (χ1) is 13.1. The molecule has 2 aromatic heterocycles. The first-order valence-electron chi connectivity index (χ1n) is 7.94. The maximum Gasteiger partial charge on any atom is 0.142 e. The number of nitrogens with two attached hydrogens (primary N) is 1. The van der Waals surface area contributed by atoms with E-state index in [0.717, 1.165) is 5.39 Å². The van der Waals surface area contributed by atoms with Gasteiger partial charge in [0, 0.05) is 22.7 Å². The van der Waals surface area contributed by atoms with Crippen LogP contribution >= 0.6 is 11.6 Å². The van der Waals surface area contributed by atoms with Gasteiger partial charge in [0.15, 0.2) is 0 Å². The largest absolute Gasteiger partial charge is 0.382 e. The summed E-state index contributed by atoms with van der Waals surface area (Å²) in [6.45, 7) is 0. The lowest BCUT2D eigenvalue weighted by Gasteiger charge is -2.11. The van der Waals surface area contributed by atoms with Crippen LogP contribution in [0.25, 0.3) is 33.4 Å². The second-order valence-electron chi connectivity index (χ2n) is 5.83. The summed E-state index contributed by atoms with van der Waals surface area (Å²) >= 11 is 6.38. The van der Waals surface area contributed by atoms with Crippen LogP contribution in [0.5, 0.6) is 0 Å². The van der Waals surface area contributed by atoms with Gasteiger partial charge in [-0.15, -0.1) is 0 Å². The van der Waals surface area contributed by atoms with E-state index in [9.17, 15) is 4.39 Å². The van der Waals surface area contributed by atoms with Gasteiger partial charge in [-0.2, -0.15) is 5.26 Å². The molecule has 4 rings (SSSR count). The van der Waals surface area contributed by atoms with Crippen LogP contribution in [-0.4, -0.2) is 15.0 Å². The summed E-state index contributed by atoms with van der Waals surface area (Å²) in [5.41, 5.74) is 8.62. The Labute approximate surface area is 158 Å². The molecule has 0 fully saturated rings. The lowest BCUT2D eigenvalue weighted by molar-refractivity contribution is 0.624.